The van der Waals surface area contributed by atoms with Gasteiger partial charge in [-0.2, -0.15) is 0 Å². The zero-order chi connectivity index (χ0) is 76.0. The molecule has 586 valence electrons. The fourth-order valence-corrected chi connectivity index (χ4v) is 10.9. The van der Waals surface area contributed by atoms with Gasteiger partial charge >= 0.3 is 39.5 Å². The Kier molecular flexibility index (Phi) is 70.7. The van der Waals surface area contributed by atoms with Crippen molar-refractivity contribution in [3.05, 3.63) is 194 Å². The monoisotopic (exact) mass is 1490 g/mol. The predicted molar refractivity (Wildman–Crippen MR) is 426 cm³/mol. The van der Waals surface area contributed by atoms with Gasteiger partial charge in [-0.1, -0.05) is 267 Å². The molecule has 5 atom stereocenters. The molecule has 0 aromatic carbocycles. The Balaban J connectivity index is 5.54. The first-order valence-electron chi connectivity index (χ1n) is 38.7. The molecular weight excluding hydrogens is 1350 g/mol. The van der Waals surface area contributed by atoms with Crippen molar-refractivity contribution < 1.29 is 80.2 Å². The van der Waals surface area contributed by atoms with E-state index in [0.29, 0.717) is 32.1 Å². The number of ether oxygens (including phenoxy) is 4. The number of rotatable bonds is 70. The molecule has 104 heavy (non-hydrogen) atoms. The van der Waals surface area contributed by atoms with Gasteiger partial charge in [0.25, 0.3) is 0 Å². The van der Waals surface area contributed by atoms with E-state index in [1.54, 1.807) is 6.08 Å². The summed E-state index contributed by atoms with van der Waals surface area (Å²) in [5.74, 6) is -2.46. The van der Waals surface area contributed by atoms with Crippen LogP contribution in [0, 0.1) is 0 Å². The SMILES string of the molecule is CC/C=C\C/C=C\C/C=C\C/C=C\C/C=C\CCCCCC(=O)OCC(COP(=O)(O)OCC(O)COP(=O)(O)OCC(COC(=O)C/C=C\C/C=C\C/C=C\C/C=C\C/C=C\CC)OC(=O)CCCCCCC/C=C\CCCCCC)OC(=O)CCC/C=C\C/C=C\C/C=C\C/C=C\C/C=C\CC. The molecule has 0 aliphatic carbocycles. The van der Waals surface area contributed by atoms with Crippen LogP contribution in [0.1, 0.15) is 259 Å². The van der Waals surface area contributed by atoms with Crippen molar-refractivity contribution in [1.29, 1.82) is 0 Å². The maximum absolute atomic E-state index is 13.1. The standard InChI is InChI=1S/C85H134O17P2/c1-5-9-13-17-21-25-29-33-36-38-39-41-43-47-50-54-58-62-66-70-83(88)96-76-81(102-85(90)72-68-64-60-56-52-48-44-40-37-34-30-26-22-18-14-10-6-2)78-100-104(93,94)98-74-79(86)73-97-103(91,92)99-77-80(101-84(89)71-67-63-59-55-51-45-32-28-24-20-16-12-8-4)75-95-82(87)69-65-61-57-53-49-46-42-35-31-27-23-19-15-11-7-3/h9-11,13-15,21-23,25-28,32-37,39,41-42,44,47-50,53,56,60-61,65,79-81,86H,5-8,12,16-20,24,29-31,38,40,43,45-46,51-52,54-55,57-59,62-64,66-78H2,1-4H3,(H,91,92)(H,93,94)/b13-9-,14-10-,15-11-,25-21-,26-22-,27-23-,32-28-,36-33-,37-34-,41-39-,42-35-,48-44-,50-47-,53-49-,60-56-,65-61-. The number of esters is 4. The van der Waals surface area contributed by atoms with Gasteiger partial charge in [0.15, 0.2) is 12.2 Å². The number of hydrogen-bond acceptors (Lipinski definition) is 15. The Bertz CT molecular complexity index is 2740. The normalized spacial score (nSPS) is 15.0. The topological polar surface area (TPSA) is 237 Å². The first kappa shape index (κ1) is 97.9. The highest BCUT2D eigenvalue weighted by Crippen LogP contribution is 2.45. The van der Waals surface area contributed by atoms with Crippen LogP contribution in [0.4, 0.5) is 0 Å². The van der Waals surface area contributed by atoms with E-state index in [1.165, 1.54) is 25.7 Å². The van der Waals surface area contributed by atoms with Gasteiger partial charge in [-0.25, -0.2) is 9.13 Å². The molecule has 19 heteroatoms. The van der Waals surface area contributed by atoms with Crippen LogP contribution in [0.2, 0.25) is 0 Å². The molecule has 0 fully saturated rings. The van der Waals surface area contributed by atoms with Gasteiger partial charge in [0.1, 0.15) is 19.3 Å². The average Bonchev–Trinajstić information content (AvgIpc) is 0.911. The molecule has 0 amide bonds. The van der Waals surface area contributed by atoms with Crippen LogP contribution in [-0.2, 0) is 65.4 Å². The summed E-state index contributed by atoms with van der Waals surface area (Å²) in [5.41, 5.74) is 0. The van der Waals surface area contributed by atoms with Crippen LogP contribution >= 0.6 is 15.6 Å². The van der Waals surface area contributed by atoms with Gasteiger partial charge in [-0.3, -0.25) is 37.3 Å². The second-order valence-corrected chi connectivity index (χ2v) is 27.7. The summed E-state index contributed by atoms with van der Waals surface area (Å²) in [6.07, 6.45) is 91.8. The number of hydrogen-bond donors (Lipinski definition) is 3. The second kappa shape index (κ2) is 75.1. The summed E-state index contributed by atoms with van der Waals surface area (Å²) in [5, 5.41) is 10.6. The minimum Gasteiger partial charge on any atom is -0.462 e. The van der Waals surface area contributed by atoms with Gasteiger partial charge in [-0.05, 0) is 161 Å². The molecule has 0 bridgehead atoms. The summed E-state index contributed by atoms with van der Waals surface area (Å²) in [6, 6.07) is 0. The molecule has 0 saturated heterocycles. The number of carbonyl (C=O) groups excluding carboxylic acids is 4. The minimum absolute atomic E-state index is 0.00165. The van der Waals surface area contributed by atoms with Crippen molar-refractivity contribution in [3.8, 4) is 0 Å². The molecule has 5 unspecified atom stereocenters. The smallest absolute Gasteiger partial charge is 0.462 e. The number of unbranched alkanes of at least 4 members (excludes halogenated alkanes) is 13. The van der Waals surface area contributed by atoms with Crippen molar-refractivity contribution in [3.63, 3.8) is 0 Å². The Hall–Kier alpha value is -6.10. The Labute approximate surface area is 627 Å². The third-order valence-electron chi connectivity index (χ3n) is 15.1. The molecule has 0 saturated carbocycles. The Morgan fingerprint density at radius 1 is 0.288 bits per heavy atom. The first-order valence-corrected chi connectivity index (χ1v) is 41.7. The number of aliphatic hydroxyl groups is 1. The van der Waals surface area contributed by atoms with E-state index in [9.17, 15) is 43.2 Å². The van der Waals surface area contributed by atoms with E-state index < -0.39 is 97.5 Å². The molecular formula is C85H134O17P2. The summed E-state index contributed by atoms with van der Waals surface area (Å²) in [4.78, 5) is 72.9. The average molecular weight is 1490 g/mol. The zero-order valence-electron chi connectivity index (χ0n) is 63.9. The van der Waals surface area contributed by atoms with E-state index in [2.05, 4.69) is 186 Å². The highest BCUT2D eigenvalue weighted by Gasteiger charge is 2.30. The largest absolute Gasteiger partial charge is 0.472 e. The van der Waals surface area contributed by atoms with Crippen molar-refractivity contribution in [2.24, 2.45) is 0 Å². The highest BCUT2D eigenvalue weighted by molar-refractivity contribution is 7.47. The number of phosphoric acid groups is 2. The van der Waals surface area contributed by atoms with Crippen molar-refractivity contribution >= 4 is 39.5 Å². The van der Waals surface area contributed by atoms with Crippen LogP contribution in [0.25, 0.3) is 0 Å². The van der Waals surface area contributed by atoms with Crippen molar-refractivity contribution in [2.45, 2.75) is 277 Å². The molecule has 0 radical (unpaired) electrons. The van der Waals surface area contributed by atoms with Crippen LogP contribution in [-0.4, -0.2) is 96.7 Å². The van der Waals surface area contributed by atoms with Crippen molar-refractivity contribution in [2.75, 3.05) is 39.6 Å². The summed E-state index contributed by atoms with van der Waals surface area (Å²) >= 11 is 0. The minimum atomic E-state index is -5.02. The highest BCUT2D eigenvalue weighted by atomic mass is 31.2. The molecule has 0 aromatic heterocycles. The lowest BCUT2D eigenvalue weighted by Crippen LogP contribution is -2.30. The fourth-order valence-electron chi connectivity index (χ4n) is 9.29. The van der Waals surface area contributed by atoms with Gasteiger partial charge < -0.3 is 33.8 Å². The summed E-state index contributed by atoms with van der Waals surface area (Å²) in [7, 11) is -10.0. The molecule has 0 aliphatic rings. The number of allylic oxidation sites excluding steroid dienone is 31. The lowest BCUT2D eigenvalue weighted by molar-refractivity contribution is -0.161. The second-order valence-electron chi connectivity index (χ2n) is 24.8. The maximum atomic E-state index is 13.1. The molecule has 0 aliphatic heterocycles. The summed E-state index contributed by atoms with van der Waals surface area (Å²) in [6.45, 7) is 4.24. The Morgan fingerprint density at radius 2 is 0.548 bits per heavy atom. The number of carbonyl (C=O) groups is 4. The van der Waals surface area contributed by atoms with Crippen molar-refractivity contribution in [1.82, 2.24) is 0 Å². The van der Waals surface area contributed by atoms with Crippen LogP contribution in [0.5, 0.6) is 0 Å². The molecule has 0 rings (SSSR count). The van der Waals surface area contributed by atoms with Gasteiger partial charge in [-0.15, -0.1) is 0 Å². The zero-order valence-corrected chi connectivity index (χ0v) is 65.6. The molecule has 0 spiro atoms. The lowest BCUT2D eigenvalue weighted by Gasteiger charge is -2.21. The van der Waals surface area contributed by atoms with E-state index in [-0.39, 0.29) is 25.7 Å². The third kappa shape index (κ3) is 74.2. The number of phosphoric ester groups is 2. The van der Waals surface area contributed by atoms with Crippen LogP contribution in [0.15, 0.2) is 194 Å². The Morgan fingerprint density at radius 3 is 0.913 bits per heavy atom. The third-order valence-corrected chi connectivity index (χ3v) is 17.0. The number of aliphatic hydroxyl groups excluding tert-OH is 1. The summed E-state index contributed by atoms with van der Waals surface area (Å²) < 4.78 is 68.3. The van der Waals surface area contributed by atoms with Gasteiger partial charge in [0, 0.05) is 19.3 Å². The van der Waals surface area contributed by atoms with E-state index >= 15 is 0 Å². The first-order chi connectivity index (χ1) is 50.7. The quantitative estimate of drug-likeness (QED) is 0.0169. The molecule has 0 heterocycles. The molecule has 3 N–H and O–H groups in total. The molecule has 17 nitrogen and oxygen atoms in total. The lowest BCUT2D eigenvalue weighted by atomic mass is 10.1. The maximum Gasteiger partial charge on any atom is 0.472 e. The van der Waals surface area contributed by atoms with Gasteiger partial charge in [0.2, 0.25) is 0 Å². The van der Waals surface area contributed by atoms with E-state index in [0.717, 1.165) is 148 Å². The van der Waals surface area contributed by atoms with Crippen LogP contribution < -0.4 is 0 Å². The molecule has 0 aromatic rings. The van der Waals surface area contributed by atoms with Gasteiger partial charge in [0.05, 0.1) is 32.8 Å². The van der Waals surface area contributed by atoms with E-state index in [4.69, 9.17) is 37.0 Å². The van der Waals surface area contributed by atoms with E-state index in [1.807, 2.05) is 30.4 Å². The van der Waals surface area contributed by atoms with Crippen LogP contribution in [0.3, 0.4) is 0 Å². The predicted octanol–water partition coefficient (Wildman–Crippen LogP) is 22.5. The fraction of sp³-hybridized carbons (Fsp3) is 0.576.